The van der Waals surface area contributed by atoms with Gasteiger partial charge < -0.3 is 14.4 Å². The van der Waals surface area contributed by atoms with Gasteiger partial charge in [0.15, 0.2) is 0 Å². The number of benzene rings is 1. The van der Waals surface area contributed by atoms with Gasteiger partial charge in [0.1, 0.15) is 0 Å². The van der Waals surface area contributed by atoms with Crippen LogP contribution in [0.5, 0.6) is 0 Å². The van der Waals surface area contributed by atoms with E-state index >= 15 is 0 Å². The molecule has 1 saturated carbocycles. The smallest absolute Gasteiger partial charge is 0.305 e. The third-order valence-electron chi connectivity index (χ3n) is 6.42. The molecular formula is C21H32N2O5S. The van der Waals surface area contributed by atoms with Crippen LogP contribution in [0.25, 0.3) is 0 Å². The fourth-order valence-electron chi connectivity index (χ4n) is 4.67. The summed E-state index contributed by atoms with van der Waals surface area (Å²) in [4.78, 5) is 13.8. The van der Waals surface area contributed by atoms with Crippen LogP contribution < -0.4 is 0 Å². The van der Waals surface area contributed by atoms with Gasteiger partial charge in [-0.3, -0.25) is 4.79 Å². The Bertz CT molecular complexity index is 809. The molecule has 3 rings (SSSR count). The Balaban J connectivity index is 1.68. The molecule has 0 aromatic heterocycles. The number of fused-ring (bicyclic) bond motifs is 1. The molecule has 0 N–H and O–H groups in total. The van der Waals surface area contributed by atoms with E-state index in [1.807, 2.05) is 0 Å². The van der Waals surface area contributed by atoms with E-state index in [1.54, 1.807) is 35.7 Å². The Morgan fingerprint density at radius 1 is 1.10 bits per heavy atom. The maximum absolute atomic E-state index is 13.2. The number of hydrogen-bond acceptors (Lipinski definition) is 6. The molecule has 4 atom stereocenters. The molecule has 1 saturated heterocycles. The zero-order valence-electron chi connectivity index (χ0n) is 17.7. The maximum atomic E-state index is 13.2. The van der Waals surface area contributed by atoms with Crippen LogP contribution in [0.15, 0.2) is 29.2 Å². The molecule has 0 spiro atoms. The van der Waals surface area contributed by atoms with Gasteiger partial charge in [0.2, 0.25) is 10.0 Å². The summed E-state index contributed by atoms with van der Waals surface area (Å²) >= 11 is 0. The fraction of sp³-hybridized carbons (Fsp3) is 0.667. The monoisotopic (exact) mass is 424 g/mol. The van der Waals surface area contributed by atoms with Gasteiger partial charge in [-0.05, 0) is 62.9 Å². The van der Waals surface area contributed by atoms with Crippen molar-refractivity contribution in [1.82, 2.24) is 9.21 Å². The van der Waals surface area contributed by atoms with Crippen molar-refractivity contribution >= 4 is 16.0 Å². The molecule has 29 heavy (non-hydrogen) atoms. The number of carbonyl (C=O) groups is 1. The van der Waals surface area contributed by atoms with Gasteiger partial charge in [-0.1, -0.05) is 12.1 Å². The number of nitrogens with zero attached hydrogens (tertiary/aromatic N) is 2. The predicted molar refractivity (Wildman–Crippen MR) is 110 cm³/mol. The summed E-state index contributed by atoms with van der Waals surface area (Å²) in [5.74, 6) is 0.430. The topological polar surface area (TPSA) is 76.2 Å². The lowest BCUT2D eigenvalue weighted by Gasteiger charge is -2.40. The first-order valence-electron chi connectivity index (χ1n) is 10.1. The van der Waals surface area contributed by atoms with Gasteiger partial charge in [0, 0.05) is 32.7 Å². The van der Waals surface area contributed by atoms with Crippen LogP contribution in [-0.4, -0.2) is 77.1 Å². The Labute approximate surface area is 174 Å². The Hall–Kier alpha value is -1.48. The molecule has 2 aliphatic rings. The van der Waals surface area contributed by atoms with E-state index in [4.69, 9.17) is 4.74 Å². The first-order valence-corrected chi connectivity index (χ1v) is 11.6. The average Bonchev–Trinajstić information content (AvgIpc) is 3.15. The summed E-state index contributed by atoms with van der Waals surface area (Å²) in [6.45, 7) is 1.12. The Morgan fingerprint density at radius 3 is 2.28 bits per heavy atom. The van der Waals surface area contributed by atoms with Gasteiger partial charge in [0.25, 0.3) is 0 Å². The summed E-state index contributed by atoms with van der Waals surface area (Å²) in [5, 5.41) is 0. The quantitative estimate of drug-likeness (QED) is 0.621. The lowest BCUT2D eigenvalue weighted by molar-refractivity contribution is -0.140. The van der Waals surface area contributed by atoms with Crippen molar-refractivity contribution in [3.05, 3.63) is 29.8 Å². The Kier molecular flexibility index (Phi) is 6.98. The molecule has 1 heterocycles. The minimum absolute atomic E-state index is 0.142. The largest absolute Gasteiger partial charge is 0.469 e. The average molecular weight is 425 g/mol. The third kappa shape index (κ3) is 4.82. The number of carbonyl (C=O) groups excluding carboxylic acids is 1. The van der Waals surface area contributed by atoms with Gasteiger partial charge in [0.05, 0.1) is 18.1 Å². The second-order valence-electron chi connectivity index (χ2n) is 8.34. The molecule has 1 aliphatic heterocycles. The SMILES string of the molecule is COC(=O)CCc1ccc(S(=O)(=O)N2C[C@H]3C[C@@H](N(C)C)[C@H](OC)C[C@H]3C2)cc1. The van der Waals surface area contributed by atoms with Crippen molar-refractivity contribution in [2.75, 3.05) is 41.4 Å². The van der Waals surface area contributed by atoms with Crippen molar-refractivity contribution in [2.24, 2.45) is 11.8 Å². The molecular weight excluding hydrogens is 392 g/mol. The van der Waals surface area contributed by atoms with Crippen molar-refractivity contribution in [3.8, 4) is 0 Å². The number of esters is 1. The van der Waals surface area contributed by atoms with Crippen molar-refractivity contribution < 1.29 is 22.7 Å². The number of sulfonamides is 1. The highest BCUT2D eigenvalue weighted by atomic mass is 32.2. The standard InChI is InChI=1S/C21H32N2O5S/c1-22(2)19-11-16-13-23(14-17(16)12-20(19)27-3)29(25,26)18-8-5-15(6-9-18)7-10-21(24)28-4/h5-6,8-9,16-17,19-20H,7,10-14H2,1-4H3/t16-,17+,19-,20-/m1/s1. The van der Waals surface area contributed by atoms with Crippen LogP contribution in [-0.2, 0) is 30.7 Å². The Morgan fingerprint density at radius 2 is 1.72 bits per heavy atom. The lowest BCUT2D eigenvalue weighted by atomic mass is 9.77. The highest BCUT2D eigenvalue weighted by molar-refractivity contribution is 7.89. The summed E-state index contributed by atoms with van der Waals surface area (Å²) in [5.41, 5.74) is 0.918. The normalized spacial score (nSPS) is 27.8. The summed E-state index contributed by atoms with van der Waals surface area (Å²) in [6.07, 6.45) is 2.80. The molecule has 0 radical (unpaired) electrons. The van der Waals surface area contributed by atoms with E-state index < -0.39 is 10.0 Å². The minimum atomic E-state index is -3.52. The molecule has 8 heteroatoms. The van der Waals surface area contributed by atoms with Crippen LogP contribution in [0.4, 0.5) is 0 Å². The maximum Gasteiger partial charge on any atom is 0.305 e. The first kappa shape index (κ1) is 22.2. The third-order valence-corrected chi connectivity index (χ3v) is 8.27. The molecule has 162 valence electrons. The number of ether oxygens (including phenoxy) is 2. The molecule has 2 fully saturated rings. The van der Waals surface area contributed by atoms with Crippen LogP contribution in [0, 0.1) is 11.8 Å². The second kappa shape index (κ2) is 9.12. The minimum Gasteiger partial charge on any atom is -0.469 e. The van der Waals surface area contributed by atoms with Gasteiger partial charge in [-0.15, -0.1) is 0 Å². The molecule has 0 amide bonds. The molecule has 0 unspecified atom stereocenters. The number of hydrogen-bond donors (Lipinski definition) is 0. The number of methoxy groups -OCH3 is 2. The highest BCUT2D eigenvalue weighted by Crippen LogP contribution is 2.40. The number of rotatable bonds is 7. The van der Waals surface area contributed by atoms with E-state index in [0.29, 0.717) is 42.3 Å². The van der Waals surface area contributed by atoms with Crippen LogP contribution in [0.3, 0.4) is 0 Å². The van der Waals surface area contributed by atoms with Crippen molar-refractivity contribution in [3.63, 3.8) is 0 Å². The van der Waals surface area contributed by atoms with Gasteiger partial charge in [-0.2, -0.15) is 4.31 Å². The van der Waals surface area contributed by atoms with Crippen molar-refractivity contribution in [1.29, 1.82) is 0 Å². The van der Waals surface area contributed by atoms with E-state index in [0.717, 1.165) is 18.4 Å². The van der Waals surface area contributed by atoms with Crippen LogP contribution >= 0.6 is 0 Å². The molecule has 1 aromatic carbocycles. The summed E-state index contributed by atoms with van der Waals surface area (Å²) < 4.78 is 38.3. The molecule has 1 aromatic rings. The zero-order valence-corrected chi connectivity index (χ0v) is 18.5. The highest BCUT2D eigenvalue weighted by Gasteiger charge is 2.46. The molecule has 1 aliphatic carbocycles. The molecule has 0 bridgehead atoms. The van der Waals surface area contributed by atoms with E-state index in [-0.39, 0.29) is 18.5 Å². The lowest BCUT2D eigenvalue weighted by Crippen LogP contribution is -2.47. The summed E-state index contributed by atoms with van der Waals surface area (Å²) in [7, 11) is 3.70. The predicted octanol–water partition coefficient (Wildman–Crippen LogP) is 1.77. The van der Waals surface area contributed by atoms with E-state index in [2.05, 4.69) is 23.7 Å². The number of likely N-dealkylation sites (N-methyl/N-ethyl adjacent to an activating group) is 1. The van der Waals surface area contributed by atoms with Crippen LogP contribution in [0.1, 0.15) is 24.8 Å². The van der Waals surface area contributed by atoms with E-state index in [1.165, 1.54) is 7.11 Å². The summed E-state index contributed by atoms with van der Waals surface area (Å²) in [6, 6.07) is 7.16. The second-order valence-corrected chi connectivity index (χ2v) is 10.3. The molecule has 7 nitrogen and oxygen atoms in total. The van der Waals surface area contributed by atoms with Crippen molar-refractivity contribution in [2.45, 2.75) is 42.7 Å². The van der Waals surface area contributed by atoms with E-state index in [9.17, 15) is 13.2 Å². The zero-order chi connectivity index (χ0) is 21.2. The van der Waals surface area contributed by atoms with Gasteiger partial charge in [-0.25, -0.2) is 8.42 Å². The van der Waals surface area contributed by atoms with Gasteiger partial charge >= 0.3 is 5.97 Å². The number of aryl methyl sites for hydroxylation is 1. The fourth-order valence-corrected chi connectivity index (χ4v) is 6.22. The first-order chi connectivity index (χ1) is 13.8. The van der Waals surface area contributed by atoms with Crippen LogP contribution in [0.2, 0.25) is 0 Å².